The summed E-state index contributed by atoms with van der Waals surface area (Å²) >= 11 is 12.0. The summed E-state index contributed by atoms with van der Waals surface area (Å²) in [4.78, 5) is 16.0. The lowest BCUT2D eigenvalue weighted by Gasteiger charge is -2.36. The monoisotopic (exact) mass is 395 g/mol. The minimum atomic E-state index is -0.231. The Bertz CT molecular complexity index is 779. The van der Waals surface area contributed by atoms with E-state index in [1.807, 2.05) is 17.0 Å². The lowest BCUT2D eigenvalue weighted by Crippen LogP contribution is -2.52. The molecule has 1 saturated heterocycles. The van der Waals surface area contributed by atoms with Gasteiger partial charge in [0.25, 0.3) is 0 Å². The van der Waals surface area contributed by atoms with Gasteiger partial charge in [-0.15, -0.1) is 0 Å². The molecule has 26 heavy (non-hydrogen) atoms. The molecular weight excluding hydrogens is 376 g/mol. The van der Waals surface area contributed by atoms with Crippen molar-refractivity contribution in [1.82, 2.24) is 10.2 Å². The van der Waals surface area contributed by atoms with Crippen molar-refractivity contribution in [3.8, 4) is 0 Å². The zero-order valence-electron chi connectivity index (χ0n) is 14.2. The third kappa shape index (κ3) is 4.59. The molecule has 0 unspecified atom stereocenters. The van der Waals surface area contributed by atoms with Gasteiger partial charge < -0.3 is 15.1 Å². The highest BCUT2D eigenvalue weighted by atomic mass is 35.5. The first-order valence-corrected chi connectivity index (χ1v) is 9.26. The molecule has 1 fully saturated rings. The number of hydrogen-bond donors (Lipinski definition) is 1. The number of para-hydroxylation sites is 1. The van der Waals surface area contributed by atoms with Gasteiger partial charge in [-0.2, -0.15) is 0 Å². The molecule has 0 radical (unpaired) electrons. The minimum Gasteiger partial charge on any atom is -0.366 e. The number of benzene rings is 2. The summed E-state index contributed by atoms with van der Waals surface area (Å²) in [6, 6.07) is 12.0. The van der Waals surface area contributed by atoms with Crippen molar-refractivity contribution in [3.05, 3.63) is 63.9 Å². The molecule has 7 heteroatoms. The standard InChI is InChI=1S/C19H20Cl2FN3O/c20-15-6-5-14(16(21)13-15)7-8-23-19(26)25-11-9-24(10-12-25)18-4-2-1-3-17(18)22/h1-6,13H,7-12H2,(H,23,26). The highest BCUT2D eigenvalue weighted by Gasteiger charge is 2.22. The van der Waals surface area contributed by atoms with E-state index in [9.17, 15) is 9.18 Å². The van der Waals surface area contributed by atoms with Crippen molar-refractivity contribution in [1.29, 1.82) is 0 Å². The fourth-order valence-corrected chi connectivity index (χ4v) is 3.50. The number of urea groups is 1. The Kier molecular flexibility index (Phi) is 6.22. The van der Waals surface area contributed by atoms with Crippen LogP contribution < -0.4 is 10.2 Å². The van der Waals surface area contributed by atoms with Crippen LogP contribution in [-0.4, -0.2) is 43.7 Å². The number of rotatable bonds is 4. The van der Waals surface area contributed by atoms with Crippen molar-refractivity contribution < 1.29 is 9.18 Å². The van der Waals surface area contributed by atoms with Crippen molar-refractivity contribution in [2.24, 2.45) is 0 Å². The molecule has 2 aromatic carbocycles. The van der Waals surface area contributed by atoms with E-state index in [-0.39, 0.29) is 11.8 Å². The van der Waals surface area contributed by atoms with Gasteiger partial charge in [-0.3, -0.25) is 0 Å². The Morgan fingerprint density at radius 2 is 1.81 bits per heavy atom. The Labute approximate surface area is 162 Å². The second kappa shape index (κ2) is 8.60. The molecule has 0 aromatic heterocycles. The van der Waals surface area contributed by atoms with E-state index in [2.05, 4.69) is 5.32 Å². The fourth-order valence-electron chi connectivity index (χ4n) is 3.00. The molecule has 1 aliphatic heterocycles. The molecule has 1 heterocycles. The number of carbonyl (C=O) groups excluding carboxylic acids is 1. The number of piperazine rings is 1. The van der Waals surface area contributed by atoms with E-state index >= 15 is 0 Å². The number of carbonyl (C=O) groups is 1. The maximum atomic E-state index is 13.9. The molecule has 4 nitrogen and oxygen atoms in total. The normalized spacial score (nSPS) is 14.4. The molecule has 1 N–H and O–H groups in total. The Morgan fingerprint density at radius 3 is 2.50 bits per heavy atom. The Morgan fingerprint density at radius 1 is 1.08 bits per heavy atom. The van der Waals surface area contributed by atoms with E-state index in [0.29, 0.717) is 54.9 Å². The van der Waals surface area contributed by atoms with Crippen LogP contribution in [-0.2, 0) is 6.42 Å². The van der Waals surface area contributed by atoms with Crippen LogP contribution in [0.25, 0.3) is 0 Å². The first-order chi connectivity index (χ1) is 12.5. The number of nitrogens with zero attached hydrogens (tertiary/aromatic N) is 2. The summed E-state index contributed by atoms with van der Waals surface area (Å²) < 4.78 is 13.9. The molecule has 0 saturated carbocycles. The molecule has 0 spiro atoms. The molecular formula is C19H20Cl2FN3O. The van der Waals surface area contributed by atoms with E-state index in [4.69, 9.17) is 23.2 Å². The van der Waals surface area contributed by atoms with Gasteiger partial charge in [0.1, 0.15) is 5.82 Å². The van der Waals surface area contributed by atoms with Gasteiger partial charge in [-0.05, 0) is 36.2 Å². The zero-order valence-corrected chi connectivity index (χ0v) is 15.7. The van der Waals surface area contributed by atoms with Crippen LogP contribution >= 0.6 is 23.2 Å². The molecule has 0 atom stereocenters. The smallest absolute Gasteiger partial charge is 0.317 e. The maximum absolute atomic E-state index is 13.9. The lowest BCUT2D eigenvalue weighted by molar-refractivity contribution is 0.194. The van der Waals surface area contributed by atoms with Gasteiger partial charge in [0.2, 0.25) is 0 Å². The van der Waals surface area contributed by atoms with Crippen LogP contribution in [0.1, 0.15) is 5.56 Å². The van der Waals surface area contributed by atoms with Crippen LogP contribution in [0.3, 0.4) is 0 Å². The van der Waals surface area contributed by atoms with Crippen LogP contribution in [0, 0.1) is 5.82 Å². The zero-order chi connectivity index (χ0) is 18.5. The SMILES string of the molecule is O=C(NCCc1ccc(Cl)cc1Cl)N1CCN(c2ccccc2F)CC1. The fraction of sp³-hybridized carbons (Fsp3) is 0.316. The predicted molar refractivity (Wildman–Crippen MR) is 104 cm³/mol. The summed E-state index contributed by atoms with van der Waals surface area (Å²) in [5, 5.41) is 4.11. The highest BCUT2D eigenvalue weighted by Crippen LogP contribution is 2.21. The van der Waals surface area contributed by atoms with Crippen LogP contribution in [0.5, 0.6) is 0 Å². The van der Waals surface area contributed by atoms with Gasteiger partial charge in [-0.25, -0.2) is 9.18 Å². The number of halogens is 3. The number of amides is 2. The van der Waals surface area contributed by atoms with E-state index in [1.54, 1.807) is 29.2 Å². The van der Waals surface area contributed by atoms with Gasteiger partial charge >= 0.3 is 6.03 Å². The van der Waals surface area contributed by atoms with Gasteiger partial charge in [0.05, 0.1) is 5.69 Å². The predicted octanol–water partition coefficient (Wildman–Crippen LogP) is 4.21. The van der Waals surface area contributed by atoms with Gasteiger partial charge in [0, 0.05) is 42.8 Å². The molecule has 138 valence electrons. The third-order valence-corrected chi connectivity index (χ3v) is 5.03. The average Bonchev–Trinajstić information content (AvgIpc) is 2.64. The quantitative estimate of drug-likeness (QED) is 0.841. The second-order valence-corrected chi connectivity index (χ2v) is 6.99. The Balaban J connectivity index is 1.46. The molecule has 3 rings (SSSR count). The lowest BCUT2D eigenvalue weighted by atomic mass is 10.1. The number of nitrogens with one attached hydrogen (secondary N) is 1. The van der Waals surface area contributed by atoms with Crippen molar-refractivity contribution >= 4 is 34.9 Å². The first kappa shape index (κ1) is 18.8. The first-order valence-electron chi connectivity index (χ1n) is 8.51. The van der Waals surface area contributed by atoms with Gasteiger partial charge in [0.15, 0.2) is 0 Å². The number of anilines is 1. The van der Waals surface area contributed by atoms with Crippen molar-refractivity contribution in [2.75, 3.05) is 37.6 Å². The van der Waals surface area contributed by atoms with Gasteiger partial charge in [-0.1, -0.05) is 41.4 Å². The Hall–Kier alpha value is -1.98. The summed E-state index contributed by atoms with van der Waals surface area (Å²) in [6.07, 6.45) is 0.636. The highest BCUT2D eigenvalue weighted by molar-refractivity contribution is 6.35. The van der Waals surface area contributed by atoms with Crippen molar-refractivity contribution in [2.45, 2.75) is 6.42 Å². The van der Waals surface area contributed by atoms with Crippen molar-refractivity contribution in [3.63, 3.8) is 0 Å². The van der Waals surface area contributed by atoms with E-state index in [0.717, 1.165) is 5.56 Å². The third-order valence-electron chi connectivity index (χ3n) is 4.45. The minimum absolute atomic E-state index is 0.108. The maximum Gasteiger partial charge on any atom is 0.317 e. The molecule has 0 bridgehead atoms. The van der Waals surface area contributed by atoms with Crippen LogP contribution in [0.2, 0.25) is 10.0 Å². The molecule has 2 aromatic rings. The molecule has 2 amide bonds. The number of hydrogen-bond acceptors (Lipinski definition) is 2. The molecule has 0 aliphatic carbocycles. The molecule has 1 aliphatic rings. The largest absolute Gasteiger partial charge is 0.366 e. The topological polar surface area (TPSA) is 35.6 Å². The summed E-state index contributed by atoms with van der Waals surface area (Å²) in [7, 11) is 0. The summed E-state index contributed by atoms with van der Waals surface area (Å²) in [5.41, 5.74) is 1.53. The van der Waals surface area contributed by atoms with Crippen LogP contribution in [0.4, 0.5) is 14.9 Å². The second-order valence-electron chi connectivity index (χ2n) is 6.14. The van der Waals surface area contributed by atoms with E-state index < -0.39 is 0 Å². The van der Waals surface area contributed by atoms with E-state index in [1.165, 1.54) is 6.07 Å². The average molecular weight is 396 g/mol. The summed E-state index contributed by atoms with van der Waals surface area (Å²) in [5.74, 6) is -0.231. The summed E-state index contributed by atoms with van der Waals surface area (Å²) in [6.45, 7) is 2.83. The van der Waals surface area contributed by atoms with Crippen LogP contribution in [0.15, 0.2) is 42.5 Å².